The van der Waals surface area contributed by atoms with E-state index in [2.05, 4.69) is 9.82 Å². The SMILES string of the molecule is COCCNS(=O)(=O)c1c(C)nn(C)c1C. The summed E-state index contributed by atoms with van der Waals surface area (Å²) < 4.78 is 32.7. The Morgan fingerprint density at radius 2 is 2.06 bits per heavy atom. The standard InChI is InChI=1S/C9H17N3O3S/c1-7-9(8(2)12(3)11-7)16(13,14)10-5-6-15-4/h10H,5-6H2,1-4H3. The normalized spacial score (nSPS) is 12.0. The van der Waals surface area contributed by atoms with Crippen LogP contribution in [0.2, 0.25) is 0 Å². The molecule has 0 amide bonds. The van der Waals surface area contributed by atoms with Crippen molar-refractivity contribution < 1.29 is 13.2 Å². The van der Waals surface area contributed by atoms with Gasteiger partial charge in [0.2, 0.25) is 10.0 Å². The maximum absolute atomic E-state index is 11.9. The van der Waals surface area contributed by atoms with E-state index in [0.29, 0.717) is 18.0 Å². The topological polar surface area (TPSA) is 73.2 Å². The van der Waals surface area contributed by atoms with Crippen molar-refractivity contribution >= 4 is 10.0 Å². The molecule has 1 rings (SSSR count). The molecule has 6 nitrogen and oxygen atoms in total. The van der Waals surface area contributed by atoms with Gasteiger partial charge >= 0.3 is 0 Å². The van der Waals surface area contributed by atoms with E-state index >= 15 is 0 Å². The summed E-state index contributed by atoms with van der Waals surface area (Å²) in [5, 5.41) is 4.07. The molecule has 0 atom stereocenters. The molecule has 0 saturated heterocycles. The molecule has 1 aromatic heterocycles. The molecule has 0 saturated carbocycles. The van der Waals surface area contributed by atoms with E-state index in [9.17, 15) is 8.42 Å². The highest BCUT2D eigenvalue weighted by atomic mass is 32.2. The first-order chi connectivity index (χ1) is 7.40. The van der Waals surface area contributed by atoms with Gasteiger partial charge in [-0.15, -0.1) is 0 Å². The van der Waals surface area contributed by atoms with Crippen LogP contribution in [-0.2, 0) is 21.8 Å². The minimum atomic E-state index is -3.49. The van der Waals surface area contributed by atoms with E-state index in [-0.39, 0.29) is 11.4 Å². The van der Waals surface area contributed by atoms with Gasteiger partial charge in [0.05, 0.1) is 18.0 Å². The van der Waals surface area contributed by atoms with Crippen molar-refractivity contribution in [3.05, 3.63) is 11.4 Å². The molecular formula is C9H17N3O3S. The number of methoxy groups -OCH3 is 1. The number of hydrogen-bond acceptors (Lipinski definition) is 4. The largest absolute Gasteiger partial charge is 0.383 e. The first-order valence-corrected chi connectivity index (χ1v) is 6.37. The average Bonchev–Trinajstić information content (AvgIpc) is 2.41. The molecule has 92 valence electrons. The van der Waals surface area contributed by atoms with Gasteiger partial charge in [-0.2, -0.15) is 5.10 Å². The van der Waals surface area contributed by atoms with Crippen LogP contribution in [0.1, 0.15) is 11.4 Å². The molecule has 0 spiro atoms. The molecular weight excluding hydrogens is 230 g/mol. The van der Waals surface area contributed by atoms with Gasteiger partial charge in [-0.25, -0.2) is 13.1 Å². The van der Waals surface area contributed by atoms with Gasteiger partial charge in [-0.1, -0.05) is 0 Å². The number of sulfonamides is 1. The van der Waals surface area contributed by atoms with E-state index in [1.807, 2.05) is 0 Å². The molecule has 16 heavy (non-hydrogen) atoms. The second-order valence-corrected chi connectivity index (χ2v) is 5.22. The Balaban J connectivity index is 2.98. The van der Waals surface area contributed by atoms with Crippen LogP contribution >= 0.6 is 0 Å². The Labute approximate surface area is 95.7 Å². The van der Waals surface area contributed by atoms with Gasteiger partial charge in [0, 0.05) is 20.7 Å². The van der Waals surface area contributed by atoms with Gasteiger partial charge in [-0.3, -0.25) is 4.68 Å². The second kappa shape index (κ2) is 4.94. The first kappa shape index (κ1) is 13.1. The van der Waals surface area contributed by atoms with E-state index in [4.69, 9.17) is 4.74 Å². The molecule has 0 aliphatic rings. The van der Waals surface area contributed by atoms with Crippen LogP contribution in [0, 0.1) is 13.8 Å². The Kier molecular flexibility index (Phi) is 4.06. The second-order valence-electron chi connectivity index (χ2n) is 3.51. The number of ether oxygens (including phenoxy) is 1. The predicted octanol–water partition coefficient (Wildman–Crippen LogP) is -0.0384. The van der Waals surface area contributed by atoms with Crippen molar-refractivity contribution in [2.45, 2.75) is 18.7 Å². The zero-order chi connectivity index (χ0) is 12.3. The minimum Gasteiger partial charge on any atom is -0.383 e. The zero-order valence-electron chi connectivity index (χ0n) is 9.94. The van der Waals surface area contributed by atoms with Gasteiger partial charge in [0.25, 0.3) is 0 Å². The summed E-state index contributed by atoms with van der Waals surface area (Å²) in [4.78, 5) is 0.256. The predicted molar refractivity (Wildman–Crippen MR) is 59.7 cm³/mol. The highest BCUT2D eigenvalue weighted by Gasteiger charge is 2.22. The lowest BCUT2D eigenvalue weighted by atomic mass is 10.4. The third-order valence-electron chi connectivity index (χ3n) is 2.31. The van der Waals surface area contributed by atoms with Gasteiger partial charge in [0.15, 0.2) is 0 Å². The fraction of sp³-hybridized carbons (Fsp3) is 0.667. The fourth-order valence-corrected chi connectivity index (χ4v) is 2.94. The molecule has 1 aromatic rings. The van der Waals surface area contributed by atoms with Crippen LogP contribution in [0.4, 0.5) is 0 Å². The van der Waals surface area contributed by atoms with Crippen LogP contribution in [0.3, 0.4) is 0 Å². The molecule has 7 heteroatoms. The lowest BCUT2D eigenvalue weighted by Crippen LogP contribution is -2.28. The summed E-state index contributed by atoms with van der Waals surface area (Å²) in [6, 6.07) is 0. The zero-order valence-corrected chi connectivity index (χ0v) is 10.8. The molecule has 1 N–H and O–H groups in total. The van der Waals surface area contributed by atoms with Crippen LogP contribution in [0.15, 0.2) is 4.90 Å². The average molecular weight is 247 g/mol. The maximum Gasteiger partial charge on any atom is 0.244 e. The molecule has 0 unspecified atom stereocenters. The maximum atomic E-state index is 11.9. The Morgan fingerprint density at radius 3 is 2.50 bits per heavy atom. The minimum absolute atomic E-state index is 0.256. The molecule has 0 fully saturated rings. The highest BCUT2D eigenvalue weighted by molar-refractivity contribution is 7.89. The number of aryl methyl sites for hydroxylation is 2. The lowest BCUT2D eigenvalue weighted by Gasteiger charge is -2.06. The summed E-state index contributed by atoms with van der Waals surface area (Å²) in [5.74, 6) is 0. The van der Waals surface area contributed by atoms with Crippen molar-refractivity contribution in [1.29, 1.82) is 0 Å². The van der Waals surface area contributed by atoms with Gasteiger partial charge in [0.1, 0.15) is 4.90 Å². The Hall–Kier alpha value is -0.920. The lowest BCUT2D eigenvalue weighted by molar-refractivity contribution is 0.204. The van der Waals surface area contributed by atoms with Crippen molar-refractivity contribution in [2.75, 3.05) is 20.3 Å². The number of nitrogens with zero attached hydrogens (tertiary/aromatic N) is 2. The van der Waals surface area contributed by atoms with Crippen LogP contribution in [0.5, 0.6) is 0 Å². The van der Waals surface area contributed by atoms with E-state index < -0.39 is 10.0 Å². The number of hydrogen-bond donors (Lipinski definition) is 1. The quantitative estimate of drug-likeness (QED) is 0.741. The summed E-state index contributed by atoms with van der Waals surface area (Å²) in [5.41, 5.74) is 1.13. The Bertz CT molecular complexity index is 465. The van der Waals surface area contributed by atoms with Crippen LogP contribution in [-0.4, -0.2) is 38.5 Å². The fourth-order valence-electron chi connectivity index (χ4n) is 1.49. The molecule has 1 heterocycles. The Morgan fingerprint density at radius 1 is 1.44 bits per heavy atom. The molecule has 0 radical (unpaired) electrons. The summed E-state index contributed by atoms with van der Waals surface area (Å²) >= 11 is 0. The molecule has 0 bridgehead atoms. The molecule has 0 aromatic carbocycles. The van der Waals surface area contributed by atoms with E-state index in [1.54, 1.807) is 25.6 Å². The summed E-state index contributed by atoms with van der Waals surface area (Å²) in [7, 11) is -0.245. The monoisotopic (exact) mass is 247 g/mol. The highest BCUT2D eigenvalue weighted by Crippen LogP contribution is 2.17. The molecule has 0 aliphatic heterocycles. The first-order valence-electron chi connectivity index (χ1n) is 4.89. The van der Waals surface area contributed by atoms with Crippen molar-refractivity contribution in [1.82, 2.24) is 14.5 Å². The number of aromatic nitrogens is 2. The van der Waals surface area contributed by atoms with Crippen LogP contribution in [0.25, 0.3) is 0 Å². The third kappa shape index (κ3) is 2.60. The van der Waals surface area contributed by atoms with Gasteiger partial charge in [-0.05, 0) is 13.8 Å². The van der Waals surface area contributed by atoms with Crippen molar-refractivity contribution in [3.63, 3.8) is 0 Å². The summed E-state index contributed by atoms with van der Waals surface area (Å²) in [6.45, 7) is 4.01. The van der Waals surface area contributed by atoms with Gasteiger partial charge < -0.3 is 4.74 Å². The summed E-state index contributed by atoms with van der Waals surface area (Å²) in [6.07, 6.45) is 0. The number of nitrogens with one attached hydrogen (secondary N) is 1. The van der Waals surface area contributed by atoms with E-state index in [0.717, 1.165) is 0 Å². The van der Waals surface area contributed by atoms with E-state index in [1.165, 1.54) is 7.11 Å². The van der Waals surface area contributed by atoms with Crippen LogP contribution < -0.4 is 4.72 Å². The van der Waals surface area contributed by atoms with Crippen molar-refractivity contribution in [3.8, 4) is 0 Å². The third-order valence-corrected chi connectivity index (χ3v) is 4.02. The number of rotatable bonds is 5. The smallest absolute Gasteiger partial charge is 0.244 e. The van der Waals surface area contributed by atoms with Crippen molar-refractivity contribution in [2.24, 2.45) is 7.05 Å². The molecule has 0 aliphatic carbocycles.